The predicted molar refractivity (Wildman–Crippen MR) is 50.4 cm³/mol. The molecule has 4 heteroatoms. The van der Waals surface area contributed by atoms with Gasteiger partial charge in [-0.15, -0.1) is 11.3 Å². The summed E-state index contributed by atoms with van der Waals surface area (Å²) in [6.07, 6.45) is 3.44. The van der Waals surface area contributed by atoms with Crippen molar-refractivity contribution >= 4 is 11.3 Å². The largest absolute Gasteiger partial charge is 0.338 e. The van der Waals surface area contributed by atoms with Gasteiger partial charge in [0.25, 0.3) is 0 Å². The highest BCUT2D eigenvalue weighted by molar-refractivity contribution is 7.10. The Labute approximate surface area is 74.4 Å². The summed E-state index contributed by atoms with van der Waals surface area (Å²) in [5.74, 6) is 6.49. The Hall–Kier alpha value is -1.29. The van der Waals surface area contributed by atoms with E-state index in [1.807, 2.05) is 11.4 Å². The average molecular weight is 179 g/mol. The number of hydrogen-bond donors (Lipinski definition) is 1. The quantitative estimate of drug-likeness (QED) is 0.676. The van der Waals surface area contributed by atoms with Gasteiger partial charge in [-0.2, -0.15) is 0 Å². The van der Waals surface area contributed by atoms with Gasteiger partial charge in [-0.1, -0.05) is 0 Å². The lowest BCUT2D eigenvalue weighted by Crippen LogP contribution is -2.08. The van der Waals surface area contributed by atoms with Crippen LogP contribution in [-0.2, 0) is 0 Å². The second-order valence-electron chi connectivity index (χ2n) is 2.55. The van der Waals surface area contributed by atoms with Crippen molar-refractivity contribution in [2.45, 2.75) is 6.92 Å². The summed E-state index contributed by atoms with van der Waals surface area (Å²) in [7, 11) is 0. The van der Waals surface area contributed by atoms with E-state index < -0.39 is 0 Å². The highest BCUT2D eigenvalue weighted by Gasteiger charge is 2.06. The fourth-order valence-electron chi connectivity index (χ4n) is 1.14. The molecule has 0 radical (unpaired) electrons. The molecular formula is C8H9N3S. The van der Waals surface area contributed by atoms with E-state index in [1.54, 1.807) is 23.7 Å². The number of thiophene rings is 1. The fourth-order valence-corrected chi connectivity index (χ4v) is 1.83. The number of imidazole rings is 1. The minimum atomic E-state index is 0.828. The molecule has 2 rings (SSSR count). The first-order valence-electron chi connectivity index (χ1n) is 3.62. The van der Waals surface area contributed by atoms with E-state index in [4.69, 9.17) is 5.84 Å². The van der Waals surface area contributed by atoms with Crippen LogP contribution in [0.25, 0.3) is 11.4 Å². The van der Waals surface area contributed by atoms with Gasteiger partial charge < -0.3 is 5.84 Å². The second-order valence-corrected chi connectivity index (χ2v) is 3.67. The number of nitrogen functional groups attached to an aromatic ring is 1. The third-order valence-corrected chi connectivity index (χ3v) is 2.61. The normalized spacial score (nSPS) is 10.4. The van der Waals surface area contributed by atoms with Gasteiger partial charge in [-0.25, -0.2) is 4.98 Å². The smallest absolute Gasteiger partial charge is 0.159 e. The van der Waals surface area contributed by atoms with Crippen molar-refractivity contribution in [1.29, 1.82) is 0 Å². The fraction of sp³-hybridized carbons (Fsp3) is 0.125. The molecule has 0 saturated heterocycles. The van der Waals surface area contributed by atoms with Gasteiger partial charge in [0.15, 0.2) is 5.82 Å². The molecule has 62 valence electrons. The van der Waals surface area contributed by atoms with Gasteiger partial charge in [0, 0.05) is 22.8 Å². The van der Waals surface area contributed by atoms with Crippen molar-refractivity contribution in [1.82, 2.24) is 9.66 Å². The number of hydrogen-bond acceptors (Lipinski definition) is 3. The van der Waals surface area contributed by atoms with Crippen LogP contribution in [0, 0.1) is 6.92 Å². The molecule has 0 atom stereocenters. The van der Waals surface area contributed by atoms with Crippen LogP contribution in [0.5, 0.6) is 0 Å². The lowest BCUT2D eigenvalue weighted by atomic mass is 10.2. The zero-order valence-corrected chi connectivity index (χ0v) is 7.51. The van der Waals surface area contributed by atoms with Crippen LogP contribution in [0.3, 0.4) is 0 Å². The molecule has 0 aliphatic heterocycles. The average Bonchev–Trinajstić information content (AvgIpc) is 2.59. The molecule has 0 bridgehead atoms. The lowest BCUT2D eigenvalue weighted by Gasteiger charge is -1.98. The monoisotopic (exact) mass is 179 g/mol. The van der Waals surface area contributed by atoms with Gasteiger partial charge in [0.1, 0.15) is 0 Å². The minimum Gasteiger partial charge on any atom is -0.338 e. The number of rotatable bonds is 1. The van der Waals surface area contributed by atoms with E-state index in [9.17, 15) is 0 Å². The molecule has 2 N–H and O–H groups in total. The molecule has 12 heavy (non-hydrogen) atoms. The van der Waals surface area contributed by atoms with Crippen molar-refractivity contribution in [2.24, 2.45) is 0 Å². The molecule has 0 amide bonds. The molecule has 0 spiro atoms. The first-order chi connectivity index (χ1) is 5.79. The van der Waals surface area contributed by atoms with Gasteiger partial charge in [-0.3, -0.25) is 4.68 Å². The van der Waals surface area contributed by atoms with E-state index in [0.29, 0.717) is 0 Å². The van der Waals surface area contributed by atoms with Crippen molar-refractivity contribution in [3.8, 4) is 11.4 Å². The summed E-state index contributed by atoms with van der Waals surface area (Å²) in [6, 6.07) is 2.03. The molecule has 3 nitrogen and oxygen atoms in total. The standard InChI is InChI=1S/C8H9N3S/c1-6-7(2-5-12-6)8-10-3-4-11(8)9/h2-5H,9H2,1H3. The van der Waals surface area contributed by atoms with Crippen LogP contribution in [0.4, 0.5) is 0 Å². The number of aromatic nitrogens is 2. The molecular weight excluding hydrogens is 170 g/mol. The molecule has 0 saturated carbocycles. The Morgan fingerprint density at radius 1 is 1.58 bits per heavy atom. The summed E-state index contributed by atoms with van der Waals surface area (Å²) in [4.78, 5) is 5.41. The molecule has 0 unspecified atom stereocenters. The molecule has 2 aromatic heterocycles. The van der Waals surface area contributed by atoms with Gasteiger partial charge in [0.2, 0.25) is 0 Å². The van der Waals surface area contributed by atoms with E-state index in [2.05, 4.69) is 11.9 Å². The summed E-state index contributed by atoms with van der Waals surface area (Å²) in [5.41, 5.74) is 1.12. The Morgan fingerprint density at radius 3 is 2.92 bits per heavy atom. The van der Waals surface area contributed by atoms with Gasteiger partial charge in [0.05, 0.1) is 0 Å². The molecule has 2 heterocycles. The Kier molecular flexibility index (Phi) is 1.62. The molecule has 0 aliphatic rings. The maximum Gasteiger partial charge on any atom is 0.159 e. The van der Waals surface area contributed by atoms with Crippen molar-refractivity contribution in [2.75, 3.05) is 5.84 Å². The highest BCUT2D eigenvalue weighted by Crippen LogP contribution is 2.24. The van der Waals surface area contributed by atoms with Crippen LogP contribution in [-0.4, -0.2) is 9.66 Å². The van der Waals surface area contributed by atoms with E-state index in [0.717, 1.165) is 11.4 Å². The number of nitrogens with two attached hydrogens (primary N) is 1. The second kappa shape index (κ2) is 2.64. The van der Waals surface area contributed by atoms with Gasteiger partial charge >= 0.3 is 0 Å². The molecule has 0 aromatic carbocycles. The maximum absolute atomic E-state index is 5.66. The number of nitrogens with zero attached hydrogens (tertiary/aromatic N) is 2. The Morgan fingerprint density at radius 2 is 2.42 bits per heavy atom. The Bertz CT molecular complexity index is 350. The van der Waals surface area contributed by atoms with Gasteiger partial charge in [-0.05, 0) is 18.4 Å². The first-order valence-corrected chi connectivity index (χ1v) is 4.50. The van der Waals surface area contributed by atoms with Crippen LogP contribution in [0.1, 0.15) is 4.88 Å². The van der Waals surface area contributed by atoms with Crippen molar-refractivity contribution in [3.63, 3.8) is 0 Å². The van der Waals surface area contributed by atoms with E-state index in [-0.39, 0.29) is 0 Å². The third kappa shape index (κ3) is 1.00. The third-order valence-electron chi connectivity index (χ3n) is 1.77. The summed E-state index contributed by atoms with van der Waals surface area (Å²) >= 11 is 1.70. The summed E-state index contributed by atoms with van der Waals surface area (Å²) in [5, 5.41) is 2.04. The summed E-state index contributed by atoms with van der Waals surface area (Å²) in [6.45, 7) is 2.06. The molecule has 0 aliphatic carbocycles. The van der Waals surface area contributed by atoms with Crippen LogP contribution in [0.15, 0.2) is 23.8 Å². The molecule has 0 fully saturated rings. The van der Waals surface area contributed by atoms with Crippen LogP contribution >= 0.6 is 11.3 Å². The van der Waals surface area contributed by atoms with E-state index >= 15 is 0 Å². The zero-order chi connectivity index (χ0) is 8.55. The van der Waals surface area contributed by atoms with Crippen LogP contribution in [0.2, 0.25) is 0 Å². The topological polar surface area (TPSA) is 43.8 Å². The van der Waals surface area contributed by atoms with Crippen molar-refractivity contribution < 1.29 is 0 Å². The number of aryl methyl sites for hydroxylation is 1. The zero-order valence-electron chi connectivity index (χ0n) is 6.69. The van der Waals surface area contributed by atoms with Crippen molar-refractivity contribution in [3.05, 3.63) is 28.7 Å². The van der Waals surface area contributed by atoms with Crippen LogP contribution < -0.4 is 5.84 Å². The Balaban J connectivity index is 2.57. The SMILES string of the molecule is Cc1sccc1-c1nccn1N. The maximum atomic E-state index is 5.66. The first kappa shape index (κ1) is 7.36. The van der Waals surface area contributed by atoms with E-state index in [1.165, 1.54) is 9.55 Å². The minimum absolute atomic E-state index is 0.828. The highest BCUT2D eigenvalue weighted by atomic mass is 32.1. The predicted octanol–water partition coefficient (Wildman–Crippen LogP) is 1.63. The summed E-state index contributed by atoms with van der Waals surface area (Å²) < 4.78 is 1.54. The lowest BCUT2D eigenvalue weighted by molar-refractivity contribution is 1.01. The molecule has 2 aromatic rings.